The molecule has 17 rings (SSSR count). The molecular formula is C85H56. The monoisotopic (exact) mass is 1080 g/mol. The Balaban J connectivity index is 0.000000139. The molecule has 0 aliphatic heterocycles. The van der Waals surface area contributed by atoms with Gasteiger partial charge in [-0.15, -0.1) is 0 Å². The molecule has 0 unspecified atom stereocenters. The van der Waals surface area contributed by atoms with Crippen molar-refractivity contribution in [3.05, 3.63) is 327 Å². The van der Waals surface area contributed by atoms with Crippen molar-refractivity contribution < 1.29 is 0 Å². The molecule has 0 heteroatoms. The molecule has 0 saturated carbocycles. The quantitative estimate of drug-likeness (QED) is 0.115. The van der Waals surface area contributed by atoms with E-state index in [0.29, 0.717) is 0 Å². The topological polar surface area (TPSA) is 0 Å². The summed E-state index contributed by atoms with van der Waals surface area (Å²) in [6, 6.07) is 118. The Labute approximate surface area is 494 Å². The summed E-state index contributed by atoms with van der Waals surface area (Å²) in [5.41, 5.74) is 16.4. The van der Waals surface area contributed by atoms with Gasteiger partial charge in [0.1, 0.15) is 0 Å². The molecule has 0 aliphatic rings. The molecule has 0 bridgehead atoms. The fourth-order valence-electron chi connectivity index (χ4n) is 13.7. The van der Waals surface area contributed by atoms with Crippen LogP contribution in [-0.4, -0.2) is 0 Å². The van der Waals surface area contributed by atoms with E-state index in [1.807, 2.05) is 0 Å². The van der Waals surface area contributed by atoms with Crippen molar-refractivity contribution >= 4 is 97.0 Å². The molecule has 0 saturated heterocycles. The SMILES string of the molecule is Cc1ccc2c(-c3ccc4ccccc4c3)c3ccccc3c(-c3ccc(-c4ccc5ccccc5c4)cc3)c2c1.c1ccc2cc(-c3c4ccccc4c(-c4ccc(-c5cc6ccccc6c6ccccc56)cc4)c4ccccc34)ccc2c1. The van der Waals surface area contributed by atoms with Gasteiger partial charge in [-0.05, 0) is 195 Å². The number of rotatable bonds is 6. The molecule has 85 heavy (non-hydrogen) atoms. The first kappa shape index (κ1) is 49.9. The predicted molar refractivity (Wildman–Crippen MR) is 368 cm³/mol. The molecule has 0 aliphatic carbocycles. The first-order valence-electron chi connectivity index (χ1n) is 29.5. The van der Waals surface area contributed by atoms with E-state index in [4.69, 9.17) is 0 Å². The van der Waals surface area contributed by atoms with Crippen LogP contribution in [0.15, 0.2) is 322 Å². The molecule has 0 spiro atoms. The van der Waals surface area contributed by atoms with Crippen LogP contribution in [0.3, 0.4) is 0 Å². The smallest absolute Gasteiger partial charge is 0.00261 e. The van der Waals surface area contributed by atoms with Gasteiger partial charge in [-0.3, -0.25) is 0 Å². The lowest BCUT2D eigenvalue weighted by molar-refractivity contribution is 1.51. The van der Waals surface area contributed by atoms with Crippen molar-refractivity contribution in [1.82, 2.24) is 0 Å². The van der Waals surface area contributed by atoms with Gasteiger partial charge < -0.3 is 0 Å². The fraction of sp³-hybridized carbons (Fsp3) is 0.0118. The molecule has 0 amide bonds. The van der Waals surface area contributed by atoms with E-state index in [-0.39, 0.29) is 0 Å². The number of hydrogen-bond acceptors (Lipinski definition) is 0. The second kappa shape index (κ2) is 20.8. The zero-order chi connectivity index (χ0) is 56.4. The molecule has 0 N–H and O–H groups in total. The minimum Gasteiger partial charge on any atom is -0.0616 e. The molecule has 0 heterocycles. The Kier molecular flexibility index (Phi) is 12.2. The maximum absolute atomic E-state index is 2.36. The van der Waals surface area contributed by atoms with Crippen LogP contribution < -0.4 is 0 Å². The van der Waals surface area contributed by atoms with E-state index >= 15 is 0 Å². The molecule has 0 fully saturated rings. The summed E-state index contributed by atoms with van der Waals surface area (Å²) in [6.07, 6.45) is 0. The second-order valence-electron chi connectivity index (χ2n) is 22.7. The minimum atomic E-state index is 1.23. The van der Waals surface area contributed by atoms with Crippen LogP contribution in [0.25, 0.3) is 164 Å². The average Bonchev–Trinajstić information content (AvgIpc) is 2.03. The van der Waals surface area contributed by atoms with E-state index in [2.05, 4.69) is 328 Å². The second-order valence-corrected chi connectivity index (χ2v) is 22.7. The molecule has 0 nitrogen and oxygen atoms in total. The highest BCUT2D eigenvalue weighted by Crippen LogP contribution is 2.47. The highest BCUT2D eigenvalue weighted by Gasteiger charge is 2.20. The van der Waals surface area contributed by atoms with Gasteiger partial charge in [-0.1, -0.05) is 303 Å². The first-order valence-corrected chi connectivity index (χ1v) is 29.5. The van der Waals surface area contributed by atoms with E-state index in [0.717, 1.165) is 0 Å². The summed E-state index contributed by atoms with van der Waals surface area (Å²) in [6.45, 7) is 2.19. The molecule has 0 radical (unpaired) electrons. The van der Waals surface area contributed by atoms with Crippen LogP contribution in [-0.2, 0) is 0 Å². The number of aryl methyl sites for hydroxylation is 1. The maximum atomic E-state index is 2.36. The van der Waals surface area contributed by atoms with Gasteiger partial charge in [0.25, 0.3) is 0 Å². The van der Waals surface area contributed by atoms with Gasteiger partial charge in [0.05, 0.1) is 0 Å². The van der Waals surface area contributed by atoms with Crippen LogP contribution in [0.5, 0.6) is 0 Å². The predicted octanol–water partition coefficient (Wildman–Crippen LogP) is 24.1. The summed E-state index contributed by atoms with van der Waals surface area (Å²) < 4.78 is 0. The fourth-order valence-corrected chi connectivity index (χ4v) is 13.7. The minimum absolute atomic E-state index is 1.23. The zero-order valence-electron chi connectivity index (χ0n) is 47.1. The highest BCUT2D eigenvalue weighted by molar-refractivity contribution is 6.24. The average molecular weight is 1080 g/mol. The van der Waals surface area contributed by atoms with Gasteiger partial charge in [0, 0.05) is 0 Å². The van der Waals surface area contributed by atoms with Gasteiger partial charge in [-0.2, -0.15) is 0 Å². The van der Waals surface area contributed by atoms with Crippen molar-refractivity contribution in [3.63, 3.8) is 0 Å². The summed E-state index contributed by atoms with van der Waals surface area (Å²) in [5, 5.41) is 23.0. The Hall–Kier alpha value is -10.9. The lowest BCUT2D eigenvalue weighted by Crippen LogP contribution is -1.92. The van der Waals surface area contributed by atoms with Crippen LogP contribution in [0, 0.1) is 6.92 Å². The Morgan fingerprint density at radius 2 is 0.459 bits per heavy atom. The zero-order valence-corrected chi connectivity index (χ0v) is 47.1. The Bertz CT molecular complexity index is 5410. The van der Waals surface area contributed by atoms with Crippen LogP contribution in [0.4, 0.5) is 0 Å². The third-order valence-electron chi connectivity index (χ3n) is 17.7. The van der Waals surface area contributed by atoms with Crippen LogP contribution in [0.2, 0.25) is 0 Å². The standard InChI is InChI=1S/C44H28.C41H28/c1-2-12-32-27-34(26-21-29(32)11-1)44-40-19-9-7-17-38(40)43(39-18-8-10-20-41(39)44)31-24-22-30(23-25-31)42-28-33-13-3-4-14-35(33)36-15-5-6-16-37(36)42;1-27-14-23-38-39(24-27)40(31-19-15-30(16-20-31)34-21-17-28-8-2-4-10-32(28)25-34)36-12-6-7-13-37(36)41(38)35-22-18-29-9-3-5-11-33(29)26-35/h1-28H;2-26H,1H3. The van der Waals surface area contributed by atoms with Crippen LogP contribution >= 0.6 is 0 Å². The van der Waals surface area contributed by atoms with E-state index in [1.54, 1.807) is 0 Å². The van der Waals surface area contributed by atoms with Crippen molar-refractivity contribution in [2.45, 2.75) is 6.92 Å². The van der Waals surface area contributed by atoms with E-state index in [9.17, 15) is 0 Å². The van der Waals surface area contributed by atoms with Crippen LogP contribution in [0.1, 0.15) is 5.56 Å². The third kappa shape index (κ3) is 8.78. The number of benzene rings is 17. The molecule has 17 aromatic carbocycles. The van der Waals surface area contributed by atoms with E-state index in [1.165, 1.54) is 169 Å². The summed E-state index contributed by atoms with van der Waals surface area (Å²) in [5.74, 6) is 0. The van der Waals surface area contributed by atoms with Crippen molar-refractivity contribution in [2.75, 3.05) is 0 Å². The maximum Gasteiger partial charge on any atom is -0.00261 e. The lowest BCUT2D eigenvalue weighted by atomic mass is 9.85. The third-order valence-corrected chi connectivity index (χ3v) is 17.7. The van der Waals surface area contributed by atoms with Gasteiger partial charge in [-0.25, -0.2) is 0 Å². The highest BCUT2D eigenvalue weighted by atomic mass is 14.2. The number of fused-ring (bicyclic) bond motifs is 10. The lowest BCUT2D eigenvalue weighted by Gasteiger charge is -2.19. The molecule has 17 aromatic rings. The summed E-state index contributed by atoms with van der Waals surface area (Å²) >= 11 is 0. The van der Waals surface area contributed by atoms with E-state index < -0.39 is 0 Å². The van der Waals surface area contributed by atoms with Crippen molar-refractivity contribution in [2.24, 2.45) is 0 Å². The molecule has 0 aromatic heterocycles. The number of hydrogen-bond donors (Lipinski definition) is 0. The summed E-state index contributed by atoms with van der Waals surface area (Å²) in [4.78, 5) is 0. The molecule has 396 valence electrons. The Morgan fingerprint density at radius 1 is 0.153 bits per heavy atom. The molecule has 0 atom stereocenters. The van der Waals surface area contributed by atoms with Crippen molar-refractivity contribution in [3.8, 4) is 66.8 Å². The Morgan fingerprint density at radius 3 is 0.929 bits per heavy atom. The van der Waals surface area contributed by atoms with Gasteiger partial charge in [0.2, 0.25) is 0 Å². The largest absolute Gasteiger partial charge is 0.0616 e. The molecular weight excluding hydrogens is 1020 g/mol. The van der Waals surface area contributed by atoms with Gasteiger partial charge in [0.15, 0.2) is 0 Å². The normalized spacial score (nSPS) is 11.6. The van der Waals surface area contributed by atoms with Crippen molar-refractivity contribution in [1.29, 1.82) is 0 Å². The van der Waals surface area contributed by atoms with Gasteiger partial charge >= 0.3 is 0 Å². The first-order chi connectivity index (χ1) is 42.1. The summed E-state index contributed by atoms with van der Waals surface area (Å²) in [7, 11) is 0.